The lowest BCUT2D eigenvalue weighted by atomic mass is 9.74. The lowest BCUT2D eigenvalue weighted by Crippen LogP contribution is -2.31. The molecule has 1 atom stereocenters. The van der Waals surface area contributed by atoms with Crippen molar-refractivity contribution in [3.8, 4) is 0 Å². The molecule has 0 spiro atoms. The number of halogens is 2. The predicted octanol–water partition coefficient (Wildman–Crippen LogP) is 4.61. The molecule has 1 aromatic rings. The minimum absolute atomic E-state index is 0.144. The zero-order valence-corrected chi connectivity index (χ0v) is 12.4. The van der Waals surface area contributed by atoms with E-state index in [4.69, 9.17) is 28.9 Å². The molecular formula is C15H19Cl2N. The summed E-state index contributed by atoms with van der Waals surface area (Å²) in [7, 11) is 0. The van der Waals surface area contributed by atoms with Gasteiger partial charge in [0.15, 0.2) is 0 Å². The first-order valence-electron chi connectivity index (χ1n) is 6.25. The third kappa shape index (κ3) is 3.28. The van der Waals surface area contributed by atoms with E-state index < -0.39 is 0 Å². The Morgan fingerprint density at radius 3 is 2.44 bits per heavy atom. The van der Waals surface area contributed by atoms with Crippen molar-refractivity contribution in [3.05, 3.63) is 45.5 Å². The average molecular weight is 284 g/mol. The Balaban J connectivity index is 2.24. The summed E-state index contributed by atoms with van der Waals surface area (Å²) >= 11 is 12.4. The van der Waals surface area contributed by atoms with Gasteiger partial charge in [-0.3, -0.25) is 0 Å². The highest BCUT2D eigenvalue weighted by Crippen LogP contribution is 2.37. The lowest BCUT2D eigenvalue weighted by molar-refractivity contribution is 0.299. The fourth-order valence-electron chi connectivity index (χ4n) is 2.80. The Hall–Kier alpha value is -0.500. The van der Waals surface area contributed by atoms with E-state index in [-0.39, 0.29) is 11.5 Å². The van der Waals surface area contributed by atoms with E-state index in [1.165, 1.54) is 5.57 Å². The maximum atomic E-state index is 6.21. The van der Waals surface area contributed by atoms with Gasteiger partial charge in [0.05, 0.1) is 0 Å². The standard InChI is InChI=1S/C15H19Cl2N/c1-15(2)8-10(6-11(18)9-15)7-12-13(16)4-3-5-14(12)17/h3-6,11H,7-9,18H2,1-2H3. The summed E-state index contributed by atoms with van der Waals surface area (Å²) in [6.07, 6.45) is 5.07. The number of hydrogen-bond acceptors (Lipinski definition) is 1. The SMILES string of the molecule is CC1(C)CC(Cc2c(Cl)cccc2Cl)=CC(N)C1. The van der Waals surface area contributed by atoms with Crippen molar-refractivity contribution >= 4 is 23.2 Å². The van der Waals surface area contributed by atoms with Crippen molar-refractivity contribution in [2.75, 3.05) is 0 Å². The second kappa shape index (κ2) is 5.24. The molecule has 0 bridgehead atoms. The molecule has 1 aliphatic carbocycles. The molecule has 98 valence electrons. The van der Waals surface area contributed by atoms with Gasteiger partial charge in [-0.05, 0) is 42.4 Å². The van der Waals surface area contributed by atoms with Crippen molar-refractivity contribution in [1.82, 2.24) is 0 Å². The van der Waals surface area contributed by atoms with Gasteiger partial charge >= 0.3 is 0 Å². The molecule has 0 amide bonds. The molecule has 0 fully saturated rings. The van der Waals surface area contributed by atoms with Crippen LogP contribution < -0.4 is 5.73 Å². The second-order valence-electron chi connectivity index (χ2n) is 5.91. The molecule has 1 unspecified atom stereocenters. The van der Waals surface area contributed by atoms with Gasteiger partial charge < -0.3 is 5.73 Å². The van der Waals surface area contributed by atoms with Gasteiger partial charge in [-0.2, -0.15) is 0 Å². The topological polar surface area (TPSA) is 26.0 Å². The van der Waals surface area contributed by atoms with E-state index in [9.17, 15) is 0 Å². The first-order chi connectivity index (χ1) is 8.37. The van der Waals surface area contributed by atoms with Crippen LogP contribution in [0.4, 0.5) is 0 Å². The molecule has 1 aliphatic rings. The Bertz CT molecular complexity index is 457. The normalized spacial score (nSPS) is 22.7. The average Bonchev–Trinajstić information content (AvgIpc) is 2.21. The number of hydrogen-bond donors (Lipinski definition) is 1. The first kappa shape index (κ1) is 13.9. The predicted molar refractivity (Wildman–Crippen MR) is 79.2 cm³/mol. The number of rotatable bonds is 2. The van der Waals surface area contributed by atoms with Gasteiger partial charge in [0.25, 0.3) is 0 Å². The summed E-state index contributed by atoms with van der Waals surface area (Å²) in [6, 6.07) is 5.79. The molecule has 0 aromatic heterocycles. The molecule has 0 radical (unpaired) electrons. The minimum Gasteiger partial charge on any atom is -0.324 e. The second-order valence-corrected chi connectivity index (χ2v) is 6.73. The third-order valence-electron chi connectivity index (χ3n) is 3.41. The number of benzene rings is 1. The highest BCUT2D eigenvalue weighted by atomic mass is 35.5. The van der Waals surface area contributed by atoms with Crippen LogP contribution in [0.15, 0.2) is 29.8 Å². The summed E-state index contributed by atoms with van der Waals surface area (Å²) in [5, 5.41) is 1.47. The highest BCUT2D eigenvalue weighted by Gasteiger charge is 2.27. The fraction of sp³-hybridized carbons (Fsp3) is 0.467. The summed E-state index contributed by atoms with van der Waals surface area (Å²) < 4.78 is 0. The summed E-state index contributed by atoms with van der Waals surface area (Å²) in [5.41, 5.74) is 8.70. The molecule has 1 aromatic carbocycles. The molecule has 18 heavy (non-hydrogen) atoms. The van der Waals surface area contributed by atoms with Crippen LogP contribution in [0.25, 0.3) is 0 Å². The monoisotopic (exact) mass is 283 g/mol. The van der Waals surface area contributed by atoms with E-state index in [1.54, 1.807) is 0 Å². The van der Waals surface area contributed by atoms with Crippen molar-refractivity contribution in [1.29, 1.82) is 0 Å². The van der Waals surface area contributed by atoms with E-state index in [0.29, 0.717) is 0 Å². The van der Waals surface area contributed by atoms with Gasteiger partial charge in [0.2, 0.25) is 0 Å². The molecule has 2 N–H and O–H groups in total. The van der Waals surface area contributed by atoms with Gasteiger partial charge in [0, 0.05) is 16.1 Å². The van der Waals surface area contributed by atoms with Crippen molar-refractivity contribution in [3.63, 3.8) is 0 Å². The molecule has 1 nitrogen and oxygen atoms in total. The first-order valence-corrected chi connectivity index (χ1v) is 7.01. The molecular weight excluding hydrogens is 265 g/mol. The highest BCUT2D eigenvalue weighted by molar-refractivity contribution is 6.36. The van der Waals surface area contributed by atoms with E-state index in [0.717, 1.165) is 34.9 Å². The zero-order valence-electron chi connectivity index (χ0n) is 10.8. The molecule has 0 saturated carbocycles. The van der Waals surface area contributed by atoms with Crippen LogP contribution >= 0.6 is 23.2 Å². The van der Waals surface area contributed by atoms with E-state index in [2.05, 4.69) is 19.9 Å². The van der Waals surface area contributed by atoms with Crippen molar-refractivity contribution in [2.45, 2.75) is 39.2 Å². The summed E-state index contributed by atoms with van der Waals surface area (Å²) in [5.74, 6) is 0. The van der Waals surface area contributed by atoms with Gasteiger partial charge in [-0.25, -0.2) is 0 Å². The van der Waals surface area contributed by atoms with Crippen LogP contribution in [0.2, 0.25) is 10.0 Å². The van der Waals surface area contributed by atoms with E-state index in [1.807, 2.05) is 18.2 Å². The Kier molecular flexibility index (Phi) is 4.05. The lowest BCUT2D eigenvalue weighted by Gasteiger charge is -2.33. The maximum absolute atomic E-state index is 6.21. The fourth-order valence-corrected chi connectivity index (χ4v) is 3.33. The van der Waals surface area contributed by atoms with Crippen LogP contribution in [0.1, 0.15) is 32.3 Å². The molecule has 3 heteroatoms. The number of allylic oxidation sites excluding steroid dienone is 1. The summed E-state index contributed by atoms with van der Waals surface area (Å²) in [6.45, 7) is 4.52. The van der Waals surface area contributed by atoms with Crippen molar-refractivity contribution < 1.29 is 0 Å². The molecule has 0 heterocycles. The van der Waals surface area contributed by atoms with Gasteiger partial charge in [0.1, 0.15) is 0 Å². The van der Waals surface area contributed by atoms with Crippen molar-refractivity contribution in [2.24, 2.45) is 11.1 Å². The Morgan fingerprint density at radius 2 is 1.89 bits per heavy atom. The van der Waals surface area contributed by atoms with Crippen LogP contribution in [0.3, 0.4) is 0 Å². The van der Waals surface area contributed by atoms with Gasteiger partial charge in [-0.1, -0.05) is 54.8 Å². The Labute approximate surface area is 119 Å². The van der Waals surface area contributed by atoms with Crippen LogP contribution in [0, 0.1) is 5.41 Å². The maximum Gasteiger partial charge on any atom is 0.0456 e. The largest absolute Gasteiger partial charge is 0.324 e. The van der Waals surface area contributed by atoms with E-state index >= 15 is 0 Å². The van der Waals surface area contributed by atoms with Crippen LogP contribution in [-0.2, 0) is 6.42 Å². The van der Waals surface area contributed by atoms with Gasteiger partial charge in [-0.15, -0.1) is 0 Å². The van der Waals surface area contributed by atoms with Crippen LogP contribution in [-0.4, -0.2) is 6.04 Å². The Morgan fingerprint density at radius 1 is 1.28 bits per heavy atom. The number of nitrogens with two attached hydrogens (primary N) is 1. The molecule has 0 aliphatic heterocycles. The smallest absolute Gasteiger partial charge is 0.0456 e. The quantitative estimate of drug-likeness (QED) is 0.788. The molecule has 0 saturated heterocycles. The summed E-state index contributed by atoms with van der Waals surface area (Å²) in [4.78, 5) is 0. The molecule has 2 rings (SSSR count). The van der Waals surface area contributed by atoms with Crippen LogP contribution in [0.5, 0.6) is 0 Å². The zero-order chi connectivity index (χ0) is 13.3. The third-order valence-corrected chi connectivity index (χ3v) is 4.12. The minimum atomic E-state index is 0.144.